The van der Waals surface area contributed by atoms with E-state index in [9.17, 15) is 0 Å². The lowest BCUT2D eigenvalue weighted by Gasteiger charge is -2.26. The Balaban J connectivity index is 0.940. The molecular weight excluding hydrogens is 921 g/mol. The molecule has 2 aliphatic rings. The highest BCUT2D eigenvalue weighted by molar-refractivity contribution is 6.22. The molecule has 0 spiro atoms. The van der Waals surface area contributed by atoms with Gasteiger partial charge in [-0.15, -0.1) is 0 Å². The summed E-state index contributed by atoms with van der Waals surface area (Å²) < 4.78 is 2.44. The number of para-hydroxylation sites is 1. The molecule has 0 saturated heterocycles. The third-order valence-electron chi connectivity index (χ3n) is 16.8. The summed E-state index contributed by atoms with van der Waals surface area (Å²) in [6.45, 7) is 9.39. The van der Waals surface area contributed by atoms with Crippen LogP contribution in [0.3, 0.4) is 0 Å². The topological polar surface area (TPSA) is 34.0 Å². The van der Waals surface area contributed by atoms with E-state index in [1.807, 2.05) is 0 Å². The van der Waals surface area contributed by atoms with Gasteiger partial charge in [-0.05, 0) is 139 Å². The summed E-state index contributed by atoms with van der Waals surface area (Å²) >= 11 is 0. The predicted octanol–water partition coefficient (Wildman–Crippen LogP) is 19.0. The van der Waals surface area contributed by atoms with Gasteiger partial charge in [-0.2, -0.15) is 0 Å². The van der Waals surface area contributed by atoms with Crippen LogP contribution in [0.15, 0.2) is 243 Å². The van der Waals surface area contributed by atoms with E-state index in [2.05, 4.69) is 280 Å². The highest BCUT2D eigenvalue weighted by Gasteiger charge is 2.37. The molecule has 76 heavy (non-hydrogen) atoms. The van der Waals surface area contributed by atoms with Crippen LogP contribution in [0, 0.1) is 0 Å². The summed E-state index contributed by atoms with van der Waals surface area (Å²) in [5.41, 5.74) is 24.6. The highest BCUT2D eigenvalue weighted by atomic mass is 15.1. The second-order valence-corrected chi connectivity index (χ2v) is 21.8. The molecule has 2 aromatic heterocycles. The van der Waals surface area contributed by atoms with Crippen molar-refractivity contribution in [1.29, 1.82) is 0 Å². The standard InChI is InChI=1S/C72H52N4/c1-71(2)60-25-15-13-23-55(60)57-36-29-48(41-62(57)71)69-70(49-30-37-58-56-24-14-16-26-61(56)72(3,4)63(58)42-49)74-65-43-52(35-39-64(65)73-69)76-66-40-31-47-19-11-12-22-54(47)68(66)59-38-34-53(44-67(59)76)75(50-20-9-6-10-21-50)51-32-27-46(28-33-51)45-17-7-5-8-18-45/h5-44H,1-4H3. The molecule has 15 rings (SSSR count). The molecule has 0 bridgehead atoms. The van der Waals surface area contributed by atoms with E-state index in [1.54, 1.807) is 0 Å². The van der Waals surface area contributed by atoms with E-state index in [4.69, 9.17) is 9.97 Å². The fourth-order valence-corrected chi connectivity index (χ4v) is 12.9. The Hall–Kier alpha value is -9.38. The molecule has 0 saturated carbocycles. The van der Waals surface area contributed by atoms with Crippen LogP contribution in [0.1, 0.15) is 49.9 Å². The van der Waals surface area contributed by atoms with E-state index < -0.39 is 0 Å². The van der Waals surface area contributed by atoms with Gasteiger partial charge in [0.25, 0.3) is 0 Å². The molecule has 13 aromatic rings. The zero-order valence-electron chi connectivity index (χ0n) is 42.9. The zero-order valence-corrected chi connectivity index (χ0v) is 42.9. The van der Waals surface area contributed by atoms with E-state index in [0.29, 0.717) is 0 Å². The fraction of sp³-hybridized carbons (Fsp3) is 0.0833. The van der Waals surface area contributed by atoms with Gasteiger partial charge in [0.1, 0.15) is 0 Å². The Morgan fingerprint density at radius 1 is 0.342 bits per heavy atom. The maximum absolute atomic E-state index is 5.76. The number of benzene rings is 11. The van der Waals surface area contributed by atoms with Crippen molar-refractivity contribution in [1.82, 2.24) is 14.5 Å². The molecule has 2 aliphatic carbocycles. The maximum atomic E-state index is 5.76. The molecule has 0 radical (unpaired) electrons. The van der Waals surface area contributed by atoms with Crippen molar-refractivity contribution in [3.8, 4) is 61.6 Å². The first-order valence-electron chi connectivity index (χ1n) is 26.5. The third kappa shape index (κ3) is 6.63. The van der Waals surface area contributed by atoms with Crippen LogP contribution >= 0.6 is 0 Å². The summed E-state index contributed by atoms with van der Waals surface area (Å²) in [7, 11) is 0. The van der Waals surface area contributed by atoms with Gasteiger partial charge in [0.05, 0.1) is 33.5 Å². The van der Waals surface area contributed by atoms with Gasteiger partial charge in [0, 0.05) is 55.5 Å². The van der Waals surface area contributed by atoms with Crippen molar-refractivity contribution in [2.24, 2.45) is 0 Å². The Bertz CT molecular complexity index is 4510. The van der Waals surface area contributed by atoms with Gasteiger partial charge >= 0.3 is 0 Å². The van der Waals surface area contributed by atoms with Crippen LogP contribution < -0.4 is 4.90 Å². The minimum Gasteiger partial charge on any atom is -0.310 e. The lowest BCUT2D eigenvalue weighted by atomic mass is 9.81. The molecule has 4 nitrogen and oxygen atoms in total. The molecule has 0 N–H and O–H groups in total. The molecule has 0 amide bonds. The average molecular weight is 973 g/mol. The van der Waals surface area contributed by atoms with Crippen LogP contribution in [0.4, 0.5) is 17.1 Å². The van der Waals surface area contributed by atoms with Crippen LogP contribution in [0.25, 0.3) is 105 Å². The van der Waals surface area contributed by atoms with Gasteiger partial charge in [-0.1, -0.05) is 198 Å². The van der Waals surface area contributed by atoms with Crippen LogP contribution in [-0.2, 0) is 10.8 Å². The van der Waals surface area contributed by atoms with Gasteiger partial charge in [-0.25, -0.2) is 9.97 Å². The lowest BCUT2D eigenvalue weighted by Crippen LogP contribution is -2.15. The summed E-state index contributed by atoms with van der Waals surface area (Å²) in [6.07, 6.45) is 0. The van der Waals surface area contributed by atoms with Crippen molar-refractivity contribution >= 4 is 60.7 Å². The second-order valence-electron chi connectivity index (χ2n) is 21.8. The number of hydrogen-bond acceptors (Lipinski definition) is 3. The van der Waals surface area contributed by atoms with Crippen molar-refractivity contribution in [3.63, 3.8) is 0 Å². The third-order valence-corrected chi connectivity index (χ3v) is 16.8. The predicted molar refractivity (Wildman–Crippen MR) is 318 cm³/mol. The Morgan fingerprint density at radius 3 is 1.54 bits per heavy atom. The lowest BCUT2D eigenvalue weighted by molar-refractivity contribution is 0.660. The number of rotatable bonds is 7. The number of fused-ring (bicyclic) bond motifs is 12. The molecule has 0 fully saturated rings. The molecule has 11 aromatic carbocycles. The fourth-order valence-electron chi connectivity index (χ4n) is 12.9. The van der Waals surface area contributed by atoms with Crippen molar-refractivity contribution in [2.75, 3.05) is 4.90 Å². The minimum atomic E-state index is -0.176. The first kappa shape index (κ1) is 44.1. The molecule has 0 atom stereocenters. The first-order valence-corrected chi connectivity index (χ1v) is 26.5. The van der Waals surface area contributed by atoms with Crippen molar-refractivity contribution < 1.29 is 0 Å². The normalized spacial score (nSPS) is 13.7. The molecular formula is C72H52N4. The smallest absolute Gasteiger partial charge is 0.0973 e. The van der Waals surface area contributed by atoms with Crippen LogP contribution in [-0.4, -0.2) is 14.5 Å². The van der Waals surface area contributed by atoms with Gasteiger partial charge < -0.3 is 9.47 Å². The number of nitrogens with zero attached hydrogens (tertiary/aromatic N) is 4. The van der Waals surface area contributed by atoms with Gasteiger partial charge in [-0.3, -0.25) is 0 Å². The Morgan fingerprint density at radius 2 is 0.868 bits per heavy atom. The largest absolute Gasteiger partial charge is 0.310 e. The summed E-state index contributed by atoms with van der Waals surface area (Å²) in [6, 6.07) is 88.8. The molecule has 2 heterocycles. The Kier molecular flexibility index (Phi) is 9.62. The summed E-state index contributed by atoms with van der Waals surface area (Å²) in [4.78, 5) is 13.8. The van der Waals surface area contributed by atoms with Gasteiger partial charge in [0.2, 0.25) is 0 Å². The van der Waals surface area contributed by atoms with Crippen molar-refractivity contribution in [2.45, 2.75) is 38.5 Å². The van der Waals surface area contributed by atoms with Crippen LogP contribution in [0.5, 0.6) is 0 Å². The molecule has 0 unspecified atom stereocenters. The maximum Gasteiger partial charge on any atom is 0.0973 e. The van der Waals surface area contributed by atoms with E-state index in [0.717, 1.165) is 67.3 Å². The Labute approximate surface area is 442 Å². The van der Waals surface area contributed by atoms with E-state index in [-0.39, 0.29) is 10.8 Å². The second kappa shape index (κ2) is 16.6. The quantitative estimate of drug-likeness (QED) is 0.160. The SMILES string of the molecule is CC1(C)c2ccccc2-c2ccc(-c3nc4ccc(-n5c6cc(N(c7ccccc7)c7ccc(-c8ccccc8)cc7)ccc6c6c7ccccc7ccc65)cc4nc3-c3ccc4c(c3)C(C)(C)c3ccccc3-4)cc21. The van der Waals surface area contributed by atoms with Crippen LogP contribution in [0.2, 0.25) is 0 Å². The highest BCUT2D eigenvalue weighted by Crippen LogP contribution is 2.52. The molecule has 360 valence electrons. The zero-order chi connectivity index (χ0) is 50.9. The minimum absolute atomic E-state index is 0.163. The van der Waals surface area contributed by atoms with E-state index >= 15 is 0 Å². The molecule has 4 heteroatoms. The van der Waals surface area contributed by atoms with Crippen molar-refractivity contribution in [3.05, 3.63) is 265 Å². The average Bonchev–Trinajstić information content (AvgIpc) is 4.06. The number of aromatic nitrogens is 3. The number of anilines is 3. The van der Waals surface area contributed by atoms with Gasteiger partial charge in [0.15, 0.2) is 0 Å². The summed E-state index contributed by atoms with van der Waals surface area (Å²) in [5.74, 6) is 0. The molecule has 0 aliphatic heterocycles. The first-order chi connectivity index (χ1) is 37.2. The monoisotopic (exact) mass is 972 g/mol. The van der Waals surface area contributed by atoms with E-state index in [1.165, 1.54) is 77.2 Å². The summed E-state index contributed by atoms with van der Waals surface area (Å²) in [5, 5.41) is 4.85. The number of hydrogen-bond donors (Lipinski definition) is 0.